The van der Waals surface area contributed by atoms with Gasteiger partial charge in [0, 0.05) is 25.5 Å². The van der Waals surface area contributed by atoms with E-state index < -0.39 is 5.97 Å². The van der Waals surface area contributed by atoms with Crippen molar-refractivity contribution in [3.05, 3.63) is 25.5 Å². The fourth-order valence-corrected chi connectivity index (χ4v) is 6.26. The average molecular weight is 607 g/mol. The number of ether oxygens (including phenoxy) is 6. The number of rotatable bonds is 16. The molecule has 3 saturated carbocycles. The Bertz CT molecular complexity index is 917. The Morgan fingerprint density at radius 2 is 1.28 bits per heavy atom. The zero-order valence-corrected chi connectivity index (χ0v) is 25.7. The van der Waals surface area contributed by atoms with Crippen LogP contribution in [0.1, 0.15) is 96.8 Å². The highest BCUT2D eigenvalue weighted by Gasteiger charge is 2.38. The van der Waals surface area contributed by atoms with Crippen LogP contribution in [0.4, 0.5) is 0 Å². The summed E-state index contributed by atoms with van der Waals surface area (Å²) in [5, 5.41) is 0. The lowest BCUT2D eigenvalue weighted by molar-refractivity contribution is -0.165. The number of carbonyl (C=O) groups is 4. The molecule has 0 aliphatic heterocycles. The zero-order valence-electron chi connectivity index (χ0n) is 25.7. The molecule has 10 nitrogen and oxygen atoms in total. The van der Waals surface area contributed by atoms with E-state index in [-0.39, 0.29) is 60.1 Å². The molecule has 3 atom stereocenters. The molecule has 10 heteroatoms. The Morgan fingerprint density at radius 3 is 1.91 bits per heavy atom. The molecule has 0 heterocycles. The zero-order chi connectivity index (χ0) is 31.0. The van der Waals surface area contributed by atoms with E-state index >= 15 is 0 Å². The molecular weight excluding hydrogens is 556 g/mol. The summed E-state index contributed by atoms with van der Waals surface area (Å²) in [5.74, 6) is -1.21. The average Bonchev–Trinajstić information content (AvgIpc) is 3.00. The molecule has 0 bridgehead atoms. The maximum Gasteiger partial charge on any atom is 0.330 e. The Morgan fingerprint density at radius 1 is 0.698 bits per heavy atom. The van der Waals surface area contributed by atoms with E-state index in [2.05, 4.69) is 13.2 Å². The van der Waals surface area contributed by atoms with Gasteiger partial charge in [0.2, 0.25) is 0 Å². The van der Waals surface area contributed by atoms with Crippen LogP contribution in [-0.2, 0) is 47.6 Å². The molecule has 0 aromatic carbocycles. The highest BCUT2D eigenvalue weighted by Crippen LogP contribution is 2.35. The monoisotopic (exact) mass is 606 g/mol. The highest BCUT2D eigenvalue weighted by molar-refractivity contribution is 5.81. The molecule has 0 aromatic heterocycles. The number of esters is 4. The van der Waals surface area contributed by atoms with E-state index in [0.29, 0.717) is 58.3 Å². The minimum absolute atomic E-state index is 0.0846. The normalized spacial score (nSPS) is 29.1. The van der Waals surface area contributed by atoms with Crippen LogP contribution in [0.15, 0.2) is 25.5 Å². The standard InChI is InChI=1S/C33H50O10/c1-4-30(34)41-21-7-20-40-25-11-9-24(10-12-25)32(36)43-28-17-18-29(23(3)22-28)33(37)42-27-15-13-26(14-16-27)39-19-6-8-31(35)38-5-2/h4-5,23-29H,1-2,6-22H2,3H3. The quantitative estimate of drug-likeness (QED) is 0.0745. The second kappa shape index (κ2) is 18.8. The van der Waals surface area contributed by atoms with Crippen LogP contribution in [0.25, 0.3) is 0 Å². The van der Waals surface area contributed by atoms with Crippen molar-refractivity contribution in [3.63, 3.8) is 0 Å². The second-order valence-corrected chi connectivity index (χ2v) is 12.0. The van der Waals surface area contributed by atoms with Gasteiger partial charge in [-0.2, -0.15) is 0 Å². The van der Waals surface area contributed by atoms with Crippen LogP contribution in [0.3, 0.4) is 0 Å². The van der Waals surface area contributed by atoms with Crippen LogP contribution in [0, 0.1) is 17.8 Å². The lowest BCUT2D eigenvalue weighted by Gasteiger charge is -2.35. The summed E-state index contributed by atoms with van der Waals surface area (Å²) >= 11 is 0. The van der Waals surface area contributed by atoms with E-state index in [9.17, 15) is 19.2 Å². The third-order valence-electron chi connectivity index (χ3n) is 8.77. The fraction of sp³-hybridized carbons (Fsp3) is 0.758. The Kier molecular flexibility index (Phi) is 15.2. The maximum atomic E-state index is 13.0. The first-order valence-electron chi connectivity index (χ1n) is 16.0. The van der Waals surface area contributed by atoms with Crippen molar-refractivity contribution in [3.8, 4) is 0 Å². The van der Waals surface area contributed by atoms with Crippen LogP contribution >= 0.6 is 0 Å². The van der Waals surface area contributed by atoms with Gasteiger partial charge in [0.1, 0.15) is 12.2 Å². The SMILES string of the molecule is C=COC(=O)CCCOC1CCC(OC(=O)C2CCC(OC(=O)C3CCC(OCCCOC(=O)C=C)CC3)CC2C)CC1. The predicted molar refractivity (Wildman–Crippen MR) is 157 cm³/mol. The third-order valence-corrected chi connectivity index (χ3v) is 8.77. The molecule has 3 aliphatic carbocycles. The minimum atomic E-state index is -0.429. The number of carbonyl (C=O) groups excluding carboxylic acids is 4. The summed E-state index contributed by atoms with van der Waals surface area (Å²) in [6.07, 6.45) is 12.1. The molecule has 3 rings (SSSR count). The summed E-state index contributed by atoms with van der Waals surface area (Å²) < 4.78 is 33.2. The smallest absolute Gasteiger partial charge is 0.330 e. The Labute approximate surface area is 255 Å². The minimum Gasteiger partial charge on any atom is -0.462 e. The molecule has 0 saturated heterocycles. The summed E-state index contributed by atoms with van der Waals surface area (Å²) in [7, 11) is 0. The predicted octanol–water partition coefficient (Wildman–Crippen LogP) is 5.37. The summed E-state index contributed by atoms with van der Waals surface area (Å²) in [6.45, 7) is 10.1. The Balaban J connectivity index is 1.26. The van der Waals surface area contributed by atoms with Crippen molar-refractivity contribution >= 4 is 23.9 Å². The van der Waals surface area contributed by atoms with Gasteiger partial charge >= 0.3 is 23.9 Å². The molecule has 0 spiro atoms. The lowest BCUT2D eigenvalue weighted by atomic mass is 9.78. The molecule has 0 N–H and O–H groups in total. The summed E-state index contributed by atoms with van der Waals surface area (Å²) in [6, 6.07) is 0. The molecule has 0 radical (unpaired) electrons. The summed E-state index contributed by atoms with van der Waals surface area (Å²) in [5.41, 5.74) is 0. The molecule has 0 aromatic rings. The van der Waals surface area contributed by atoms with Gasteiger partial charge < -0.3 is 28.4 Å². The van der Waals surface area contributed by atoms with Crippen molar-refractivity contribution in [2.75, 3.05) is 19.8 Å². The van der Waals surface area contributed by atoms with Crippen molar-refractivity contribution in [1.29, 1.82) is 0 Å². The summed E-state index contributed by atoms with van der Waals surface area (Å²) in [4.78, 5) is 48.3. The van der Waals surface area contributed by atoms with Gasteiger partial charge in [-0.25, -0.2) is 4.79 Å². The first kappa shape index (κ1) is 34.8. The van der Waals surface area contributed by atoms with Gasteiger partial charge in [-0.15, -0.1) is 0 Å². The number of hydrogen-bond donors (Lipinski definition) is 0. The maximum absolute atomic E-state index is 13.0. The molecule has 0 amide bonds. The van der Waals surface area contributed by atoms with E-state index in [1.165, 1.54) is 0 Å². The van der Waals surface area contributed by atoms with Crippen LogP contribution in [0.5, 0.6) is 0 Å². The van der Waals surface area contributed by atoms with Gasteiger partial charge in [-0.1, -0.05) is 20.1 Å². The fourth-order valence-electron chi connectivity index (χ4n) is 6.26. The first-order chi connectivity index (χ1) is 20.8. The molecular formula is C33H50O10. The molecule has 3 unspecified atom stereocenters. The van der Waals surface area contributed by atoms with Gasteiger partial charge in [0.05, 0.1) is 43.5 Å². The van der Waals surface area contributed by atoms with E-state index in [0.717, 1.165) is 63.7 Å². The van der Waals surface area contributed by atoms with Crippen molar-refractivity contribution < 1.29 is 47.6 Å². The molecule has 43 heavy (non-hydrogen) atoms. The molecule has 3 aliphatic rings. The third kappa shape index (κ3) is 12.4. The number of hydrogen-bond acceptors (Lipinski definition) is 10. The van der Waals surface area contributed by atoms with Crippen molar-refractivity contribution in [2.24, 2.45) is 17.8 Å². The first-order valence-corrected chi connectivity index (χ1v) is 16.0. The van der Waals surface area contributed by atoms with Crippen molar-refractivity contribution in [1.82, 2.24) is 0 Å². The van der Waals surface area contributed by atoms with Crippen LogP contribution < -0.4 is 0 Å². The van der Waals surface area contributed by atoms with Crippen molar-refractivity contribution in [2.45, 2.75) is 121 Å². The molecule has 3 fully saturated rings. The van der Waals surface area contributed by atoms with E-state index in [4.69, 9.17) is 28.4 Å². The molecule has 242 valence electrons. The van der Waals surface area contributed by atoms with Gasteiger partial charge in [-0.3, -0.25) is 14.4 Å². The van der Waals surface area contributed by atoms with Gasteiger partial charge in [-0.05, 0) is 83.0 Å². The highest BCUT2D eigenvalue weighted by atomic mass is 16.6. The van der Waals surface area contributed by atoms with Gasteiger partial charge in [0.25, 0.3) is 0 Å². The second-order valence-electron chi connectivity index (χ2n) is 12.0. The van der Waals surface area contributed by atoms with E-state index in [1.54, 1.807) is 0 Å². The largest absolute Gasteiger partial charge is 0.462 e. The topological polar surface area (TPSA) is 124 Å². The van der Waals surface area contributed by atoms with Crippen LogP contribution in [0.2, 0.25) is 0 Å². The van der Waals surface area contributed by atoms with E-state index in [1.807, 2.05) is 6.92 Å². The van der Waals surface area contributed by atoms with Crippen LogP contribution in [-0.4, -0.2) is 68.1 Å². The van der Waals surface area contributed by atoms with Gasteiger partial charge in [0.15, 0.2) is 0 Å². The lowest BCUT2D eigenvalue weighted by Crippen LogP contribution is -2.38. The Hall–Kier alpha value is -2.72.